The third-order valence-corrected chi connectivity index (χ3v) is 4.21. The smallest absolute Gasteiger partial charge is 0.339 e. The van der Waals surface area contributed by atoms with Gasteiger partial charge in [-0.2, -0.15) is 18.3 Å². The number of alkyl halides is 3. The number of H-pyrrole nitrogens is 1. The maximum atomic E-state index is 13.6. The number of carbonyl (C=O) groups is 1. The number of hydrogen-bond acceptors (Lipinski definition) is 4. The normalized spacial score (nSPS) is 11.8. The van der Waals surface area contributed by atoms with E-state index in [9.17, 15) is 22.4 Å². The summed E-state index contributed by atoms with van der Waals surface area (Å²) in [6.45, 7) is 0. The number of hydrogen-bond donors (Lipinski definition) is 2. The maximum Gasteiger partial charge on any atom is 0.417 e. The highest BCUT2D eigenvalue weighted by molar-refractivity contribution is 6.01. The number of amides is 1. The van der Waals surface area contributed by atoms with Crippen LogP contribution in [-0.4, -0.2) is 30.6 Å². The van der Waals surface area contributed by atoms with Gasteiger partial charge >= 0.3 is 6.18 Å². The average molecular weight is 404 g/mol. The lowest BCUT2D eigenvalue weighted by Crippen LogP contribution is -2.18. The van der Waals surface area contributed by atoms with Gasteiger partial charge in [0.05, 0.1) is 5.56 Å². The van der Waals surface area contributed by atoms with Gasteiger partial charge in [0.15, 0.2) is 0 Å². The number of pyridine rings is 1. The second-order valence-electron chi connectivity index (χ2n) is 6.17. The van der Waals surface area contributed by atoms with Crippen molar-refractivity contribution in [2.45, 2.75) is 6.18 Å². The van der Waals surface area contributed by atoms with Gasteiger partial charge in [-0.15, -0.1) is 0 Å². The third kappa shape index (κ3) is 3.53. The predicted molar refractivity (Wildman–Crippen MR) is 95.4 cm³/mol. The molecule has 4 aromatic rings. The number of benzene rings is 1. The topological polar surface area (TPSA) is 88.5 Å². The third-order valence-electron chi connectivity index (χ3n) is 4.21. The zero-order valence-electron chi connectivity index (χ0n) is 14.8. The molecule has 2 N–H and O–H groups in total. The van der Waals surface area contributed by atoms with E-state index in [1.807, 2.05) is 0 Å². The summed E-state index contributed by atoms with van der Waals surface area (Å²) >= 11 is 0. The molecule has 0 spiro atoms. The number of carbonyl (C=O) groups excluding carboxylic acids is 1. The minimum absolute atomic E-state index is 0.0519. The van der Waals surface area contributed by atoms with Crippen molar-refractivity contribution in [3.8, 4) is 11.3 Å². The molecule has 0 atom stereocenters. The first-order valence-electron chi connectivity index (χ1n) is 8.24. The highest BCUT2D eigenvalue weighted by atomic mass is 19.4. The highest BCUT2D eigenvalue weighted by Gasteiger charge is 2.34. The van der Waals surface area contributed by atoms with Crippen LogP contribution in [0.15, 0.2) is 42.7 Å². The van der Waals surface area contributed by atoms with Crippen LogP contribution in [0.25, 0.3) is 22.3 Å². The Bertz CT molecular complexity index is 1230. The van der Waals surface area contributed by atoms with E-state index < -0.39 is 23.5 Å². The summed E-state index contributed by atoms with van der Waals surface area (Å²) in [5.74, 6) is -1.12. The molecule has 0 saturated heterocycles. The molecular formula is C18H12F4N6O. The van der Waals surface area contributed by atoms with Crippen LogP contribution < -0.4 is 5.32 Å². The molecule has 1 aromatic carbocycles. The number of nitrogens with zero attached hydrogens (tertiary/aromatic N) is 4. The summed E-state index contributed by atoms with van der Waals surface area (Å²) in [4.78, 5) is 23.0. The van der Waals surface area contributed by atoms with Crippen molar-refractivity contribution in [2.75, 3.05) is 5.32 Å². The quantitative estimate of drug-likeness (QED) is 0.509. The van der Waals surface area contributed by atoms with Gasteiger partial charge in [-0.25, -0.2) is 19.0 Å². The van der Waals surface area contributed by atoms with E-state index >= 15 is 0 Å². The molecule has 0 radical (unpaired) electrons. The fourth-order valence-electron chi connectivity index (χ4n) is 2.88. The van der Waals surface area contributed by atoms with Crippen LogP contribution >= 0.6 is 0 Å². The first kappa shape index (κ1) is 18.6. The van der Waals surface area contributed by atoms with Crippen LogP contribution in [-0.2, 0) is 13.2 Å². The number of nitrogens with one attached hydrogen (secondary N) is 2. The molecule has 0 aliphatic carbocycles. The molecule has 0 aliphatic heterocycles. The molecular weight excluding hydrogens is 392 g/mol. The van der Waals surface area contributed by atoms with Gasteiger partial charge in [0, 0.05) is 23.7 Å². The lowest BCUT2D eigenvalue weighted by molar-refractivity contribution is -0.137. The van der Waals surface area contributed by atoms with E-state index in [1.165, 1.54) is 23.1 Å². The zero-order valence-corrected chi connectivity index (χ0v) is 14.8. The van der Waals surface area contributed by atoms with Gasteiger partial charge in [-0.05, 0) is 36.4 Å². The van der Waals surface area contributed by atoms with Crippen LogP contribution in [0.3, 0.4) is 0 Å². The van der Waals surface area contributed by atoms with E-state index in [4.69, 9.17) is 0 Å². The van der Waals surface area contributed by atoms with Crippen LogP contribution in [0.2, 0.25) is 0 Å². The summed E-state index contributed by atoms with van der Waals surface area (Å²) in [6, 6.07) is 6.75. The van der Waals surface area contributed by atoms with Crippen molar-refractivity contribution < 1.29 is 22.4 Å². The number of halogens is 4. The standard InChI is InChI=1S/C18H12F4N6O/c1-28-16(23-8-24-28)17(29)27-14-5-2-9-6-13(25-15(9)26-14)11-7-10(19)3-4-12(11)18(20,21)22/h2-8H,1H3,(H2,25,26,27,29). The molecule has 0 fully saturated rings. The van der Waals surface area contributed by atoms with Crippen LogP contribution in [0.5, 0.6) is 0 Å². The first-order valence-corrected chi connectivity index (χ1v) is 8.24. The lowest BCUT2D eigenvalue weighted by Gasteiger charge is -2.11. The van der Waals surface area contributed by atoms with E-state index in [-0.39, 0.29) is 28.5 Å². The van der Waals surface area contributed by atoms with Crippen molar-refractivity contribution in [1.29, 1.82) is 0 Å². The Morgan fingerprint density at radius 1 is 1.17 bits per heavy atom. The minimum Gasteiger partial charge on any atom is -0.339 e. The van der Waals surface area contributed by atoms with Gasteiger partial charge in [0.2, 0.25) is 5.82 Å². The summed E-state index contributed by atoms with van der Waals surface area (Å²) in [5.41, 5.74) is -1.02. The van der Waals surface area contributed by atoms with Gasteiger partial charge < -0.3 is 10.3 Å². The SMILES string of the molecule is Cn1ncnc1C(=O)Nc1ccc2cc(-c3cc(F)ccc3C(F)(F)F)[nH]c2n1. The second-order valence-corrected chi connectivity index (χ2v) is 6.17. The van der Waals surface area contributed by atoms with Crippen molar-refractivity contribution in [3.63, 3.8) is 0 Å². The molecule has 1 amide bonds. The van der Waals surface area contributed by atoms with E-state index in [0.717, 1.165) is 12.1 Å². The Labute approximate surface area is 160 Å². The van der Waals surface area contributed by atoms with Crippen LogP contribution in [0, 0.1) is 5.82 Å². The molecule has 11 heteroatoms. The predicted octanol–water partition coefficient (Wildman–Crippen LogP) is 3.77. The summed E-state index contributed by atoms with van der Waals surface area (Å²) < 4.78 is 54.7. The number of aromatic amines is 1. The Balaban J connectivity index is 1.71. The van der Waals surface area contributed by atoms with Gasteiger partial charge in [-0.1, -0.05) is 0 Å². The van der Waals surface area contributed by atoms with Crippen molar-refractivity contribution in [3.05, 3.63) is 59.9 Å². The Hall–Kier alpha value is -3.76. The van der Waals surface area contributed by atoms with Crippen LogP contribution in [0.1, 0.15) is 16.2 Å². The van der Waals surface area contributed by atoms with Gasteiger partial charge in [0.25, 0.3) is 5.91 Å². The highest BCUT2D eigenvalue weighted by Crippen LogP contribution is 2.38. The van der Waals surface area contributed by atoms with Gasteiger partial charge in [0.1, 0.15) is 23.6 Å². The second kappa shape index (κ2) is 6.69. The number of fused-ring (bicyclic) bond motifs is 1. The van der Waals surface area contributed by atoms with E-state index in [0.29, 0.717) is 11.5 Å². The molecule has 4 rings (SSSR count). The largest absolute Gasteiger partial charge is 0.417 e. The van der Waals surface area contributed by atoms with Crippen LogP contribution in [0.4, 0.5) is 23.4 Å². The molecule has 0 unspecified atom stereocenters. The van der Waals surface area contributed by atoms with Gasteiger partial charge in [-0.3, -0.25) is 4.79 Å². The number of aromatic nitrogens is 5. The average Bonchev–Trinajstić information content (AvgIpc) is 3.26. The minimum atomic E-state index is -4.65. The Kier molecular flexibility index (Phi) is 4.29. The molecule has 0 bridgehead atoms. The molecule has 148 valence electrons. The fourth-order valence-corrected chi connectivity index (χ4v) is 2.88. The zero-order chi connectivity index (χ0) is 20.8. The van der Waals surface area contributed by atoms with Crippen molar-refractivity contribution in [2.24, 2.45) is 7.05 Å². The summed E-state index contributed by atoms with van der Waals surface area (Å²) in [5, 5.41) is 6.83. The molecule has 7 nitrogen and oxygen atoms in total. The van der Waals surface area contributed by atoms with E-state index in [2.05, 4.69) is 25.4 Å². The number of rotatable bonds is 3. The monoisotopic (exact) mass is 404 g/mol. The molecule has 3 heterocycles. The van der Waals surface area contributed by atoms with E-state index in [1.54, 1.807) is 13.1 Å². The Morgan fingerprint density at radius 2 is 1.97 bits per heavy atom. The Morgan fingerprint density at radius 3 is 2.66 bits per heavy atom. The first-order chi connectivity index (χ1) is 13.7. The van der Waals surface area contributed by atoms with Crippen molar-refractivity contribution in [1.82, 2.24) is 24.7 Å². The lowest BCUT2D eigenvalue weighted by atomic mass is 10.0. The fraction of sp³-hybridized carbons (Fsp3) is 0.111. The summed E-state index contributed by atoms with van der Waals surface area (Å²) in [6.07, 6.45) is -3.43. The molecule has 29 heavy (non-hydrogen) atoms. The molecule has 0 aliphatic rings. The molecule has 0 saturated carbocycles. The molecule has 3 aromatic heterocycles. The number of anilines is 1. The number of aryl methyl sites for hydroxylation is 1. The van der Waals surface area contributed by atoms with Crippen molar-refractivity contribution >= 4 is 22.8 Å². The summed E-state index contributed by atoms with van der Waals surface area (Å²) in [7, 11) is 1.55. The maximum absolute atomic E-state index is 13.6.